The lowest BCUT2D eigenvalue weighted by atomic mass is 9.85. The average Bonchev–Trinajstić information content (AvgIpc) is 3.26. The van der Waals surface area contributed by atoms with Crippen molar-refractivity contribution in [3.63, 3.8) is 0 Å². The lowest BCUT2D eigenvalue weighted by molar-refractivity contribution is -0.132. The molecule has 0 aromatic heterocycles. The SMILES string of the molecule is CC(=O)Oc1c(C)c(C)c(N2C(=O)[C@@H]3C4C=CC(O4)[C@@H]3C2=O)c(C)c1C. The first-order valence-corrected chi connectivity index (χ1v) is 8.74. The summed E-state index contributed by atoms with van der Waals surface area (Å²) in [6, 6.07) is 0. The van der Waals surface area contributed by atoms with Crippen LogP contribution in [-0.4, -0.2) is 30.0 Å². The number of anilines is 1. The number of amides is 2. The molecule has 0 aliphatic carbocycles. The monoisotopic (exact) mass is 355 g/mol. The summed E-state index contributed by atoms with van der Waals surface area (Å²) < 4.78 is 11.1. The number of nitrogens with zero attached hydrogens (tertiary/aromatic N) is 1. The normalized spacial score (nSPS) is 28.9. The van der Waals surface area contributed by atoms with Crippen LogP contribution in [0.5, 0.6) is 5.75 Å². The Morgan fingerprint density at radius 1 is 0.923 bits per heavy atom. The Labute approximate surface area is 151 Å². The van der Waals surface area contributed by atoms with Gasteiger partial charge in [0.2, 0.25) is 11.8 Å². The zero-order valence-electron chi connectivity index (χ0n) is 15.5. The number of hydrogen-bond acceptors (Lipinski definition) is 5. The number of carbonyl (C=O) groups excluding carboxylic acids is 3. The Morgan fingerprint density at radius 2 is 1.38 bits per heavy atom. The van der Waals surface area contributed by atoms with Crippen LogP contribution in [0.4, 0.5) is 5.69 Å². The molecule has 1 aromatic carbocycles. The molecule has 2 unspecified atom stereocenters. The molecule has 3 aliphatic heterocycles. The molecule has 0 spiro atoms. The van der Waals surface area contributed by atoms with Crippen LogP contribution in [0.3, 0.4) is 0 Å². The van der Waals surface area contributed by atoms with Crippen LogP contribution in [0.1, 0.15) is 29.2 Å². The van der Waals surface area contributed by atoms with E-state index in [2.05, 4.69) is 0 Å². The Bertz CT molecular complexity index is 841. The molecular formula is C20H21NO5. The molecule has 0 saturated carbocycles. The van der Waals surface area contributed by atoms with Crippen molar-refractivity contribution in [3.8, 4) is 5.75 Å². The zero-order valence-corrected chi connectivity index (χ0v) is 15.5. The second kappa shape index (κ2) is 5.51. The van der Waals surface area contributed by atoms with Gasteiger partial charge in [-0.2, -0.15) is 0 Å². The number of rotatable bonds is 2. The summed E-state index contributed by atoms with van der Waals surface area (Å²) in [5.41, 5.74) is 3.67. The zero-order chi connectivity index (χ0) is 18.9. The van der Waals surface area contributed by atoms with E-state index in [1.54, 1.807) is 0 Å². The van der Waals surface area contributed by atoms with Crippen molar-refractivity contribution in [2.45, 2.75) is 46.8 Å². The van der Waals surface area contributed by atoms with Crippen molar-refractivity contribution in [1.29, 1.82) is 0 Å². The van der Waals surface area contributed by atoms with E-state index in [1.165, 1.54) is 11.8 Å². The van der Waals surface area contributed by atoms with Crippen molar-refractivity contribution in [2.75, 3.05) is 4.90 Å². The molecule has 0 N–H and O–H groups in total. The fourth-order valence-electron chi connectivity index (χ4n) is 4.41. The molecule has 4 rings (SSSR count). The van der Waals surface area contributed by atoms with Crippen molar-refractivity contribution in [2.24, 2.45) is 11.8 Å². The molecular weight excluding hydrogens is 334 g/mol. The Hall–Kier alpha value is -2.47. The summed E-state index contributed by atoms with van der Waals surface area (Å²) in [6.45, 7) is 8.73. The van der Waals surface area contributed by atoms with E-state index in [9.17, 15) is 14.4 Å². The summed E-state index contributed by atoms with van der Waals surface area (Å²) >= 11 is 0. The number of ether oxygens (including phenoxy) is 2. The number of hydrogen-bond donors (Lipinski definition) is 0. The van der Waals surface area contributed by atoms with E-state index in [0.717, 1.165) is 22.3 Å². The van der Waals surface area contributed by atoms with Gasteiger partial charge in [0.05, 0.1) is 29.7 Å². The fourth-order valence-corrected chi connectivity index (χ4v) is 4.41. The molecule has 0 radical (unpaired) electrons. The molecule has 1 aromatic rings. The highest BCUT2D eigenvalue weighted by Gasteiger charge is 2.61. The Kier molecular flexibility index (Phi) is 3.60. The number of benzene rings is 1. The largest absolute Gasteiger partial charge is 0.426 e. The second-order valence-corrected chi connectivity index (χ2v) is 7.29. The lowest BCUT2D eigenvalue weighted by Crippen LogP contribution is -2.35. The van der Waals surface area contributed by atoms with Gasteiger partial charge in [-0.25, -0.2) is 4.90 Å². The highest BCUT2D eigenvalue weighted by atomic mass is 16.5. The molecule has 3 aliphatic rings. The predicted octanol–water partition coefficient (Wildman–Crippen LogP) is 2.29. The predicted molar refractivity (Wildman–Crippen MR) is 94.0 cm³/mol. The molecule has 6 heteroatoms. The molecule has 2 saturated heterocycles. The van der Waals surface area contributed by atoms with E-state index in [4.69, 9.17) is 9.47 Å². The molecule has 2 fully saturated rings. The fraction of sp³-hybridized carbons (Fsp3) is 0.450. The summed E-state index contributed by atoms with van der Waals surface area (Å²) in [5.74, 6) is -1.19. The minimum Gasteiger partial charge on any atom is -0.426 e. The first-order chi connectivity index (χ1) is 12.2. The molecule has 136 valence electrons. The van der Waals surface area contributed by atoms with E-state index in [1.807, 2.05) is 39.8 Å². The van der Waals surface area contributed by atoms with Crippen molar-refractivity contribution >= 4 is 23.5 Å². The number of imide groups is 1. The molecule has 2 amide bonds. The Morgan fingerprint density at radius 3 is 1.81 bits per heavy atom. The van der Waals surface area contributed by atoms with Gasteiger partial charge in [-0.15, -0.1) is 0 Å². The van der Waals surface area contributed by atoms with Crippen LogP contribution < -0.4 is 9.64 Å². The maximum atomic E-state index is 13.1. The van der Waals surface area contributed by atoms with Crippen LogP contribution in [0, 0.1) is 39.5 Å². The van der Waals surface area contributed by atoms with Gasteiger partial charge in [-0.3, -0.25) is 14.4 Å². The van der Waals surface area contributed by atoms with Gasteiger partial charge >= 0.3 is 5.97 Å². The highest BCUT2D eigenvalue weighted by molar-refractivity contribution is 6.23. The summed E-state index contributed by atoms with van der Waals surface area (Å²) in [4.78, 5) is 38.9. The summed E-state index contributed by atoms with van der Waals surface area (Å²) in [7, 11) is 0. The maximum absolute atomic E-state index is 13.1. The number of carbonyl (C=O) groups is 3. The number of esters is 1. The average molecular weight is 355 g/mol. The minimum absolute atomic E-state index is 0.206. The van der Waals surface area contributed by atoms with Gasteiger partial charge in [-0.1, -0.05) is 12.2 Å². The van der Waals surface area contributed by atoms with Crippen LogP contribution >= 0.6 is 0 Å². The summed E-state index contributed by atoms with van der Waals surface area (Å²) in [6.07, 6.45) is 3.13. The maximum Gasteiger partial charge on any atom is 0.308 e. The first kappa shape index (κ1) is 17.0. The van der Waals surface area contributed by atoms with Gasteiger partial charge in [0, 0.05) is 6.92 Å². The standard InChI is InChI=1S/C20H21NO5/c1-8-10(3)18(25-12(5)22)11(4)9(2)17(8)21-19(23)15-13-6-7-14(26-13)16(15)20(21)24/h6-7,13-16H,1-5H3/t13?,14?,15-,16+. The van der Waals surface area contributed by atoms with Crippen molar-refractivity contribution < 1.29 is 23.9 Å². The van der Waals surface area contributed by atoms with Gasteiger partial charge in [0.1, 0.15) is 5.75 Å². The topological polar surface area (TPSA) is 72.9 Å². The third kappa shape index (κ3) is 2.05. The number of fused-ring (bicyclic) bond motifs is 5. The molecule has 2 bridgehead atoms. The van der Waals surface area contributed by atoms with Gasteiger partial charge in [-0.05, 0) is 49.9 Å². The van der Waals surface area contributed by atoms with Crippen LogP contribution in [0.2, 0.25) is 0 Å². The van der Waals surface area contributed by atoms with E-state index >= 15 is 0 Å². The third-order valence-corrected chi connectivity index (χ3v) is 5.90. The van der Waals surface area contributed by atoms with Crippen LogP contribution in [0.15, 0.2) is 12.2 Å². The molecule has 3 heterocycles. The van der Waals surface area contributed by atoms with Gasteiger partial charge in [0.15, 0.2) is 0 Å². The Balaban J connectivity index is 1.83. The first-order valence-electron chi connectivity index (χ1n) is 8.74. The van der Waals surface area contributed by atoms with Crippen molar-refractivity contribution in [3.05, 3.63) is 34.4 Å². The van der Waals surface area contributed by atoms with E-state index < -0.39 is 17.8 Å². The quantitative estimate of drug-likeness (QED) is 0.352. The minimum atomic E-state index is -0.440. The van der Waals surface area contributed by atoms with Crippen LogP contribution in [0.25, 0.3) is 0 Å². The molecule has 6 nitrogen and oxygen atoms in total. The summed E-state index contributed by atoms with van der Waals surface area (Å²) in [5, 5.41) is 0. The van der Waals surface area contributed by atoms with Gasteiger partial charge < -0.3 is 9.47 Å². The van der Waals surface area contributed by atoms with Crippen molar-refractivity contribution in [1.82, 2.24) is 0 Å². The smallest absolute Gasteiger partial charge is 0.308 e. The molecule has 4 atom stereocenters. The van der Waals surface area contributed by atoms with Gasteiger partial charge in [0.25, 0.3) is 0 Å². The van der Waals surface area contributed by atoms with E-state index in [0.29, 0.717) is 11.4 Å². The third-order valence-electron chi connectivity index (χ3n) is 5.90. The molecule has 26 heavy (non-hydrogen) atoms. The van der Waals surface area contributed by atoms with E-state index in [-0.39, 0.29) is 24.0 Å². The van der Waals surface area contributed by atoms with Crippen LogP contribution in [-0.2, 0) is 19.1 Å². The highest BCUT2D eigenvalue weighted by Crippen LogP contribution is 2.48. The lowest BCUT2D eigenvalue weighted by Gasteiger charge is -2.26. The second-order valence-electron chi connectivity index (χ2n) is 7.29.